The average Bonchev–Trinajstić information content (AvgIpc) is 2.18. The Morgan fingerprint density at radius 1 is 1.50 bits per heavy atom. The molecule has 0 aliphatic carbocycles. The van der Waals surface area contributed by atoms with Crippen LogP contribution in [0.25, 0.3) is 0 Å². The van der Waals surface area contributed by atoms with Crippen LogP contribution in [0.3, 0.4) is 0 Å². The lowest BCUT2D eigenvalue weighted by molar-refractivity contribution is 0.438. The minimum Gasteiger partial charge on any atom is -0.389 e. The number of nitrogens with zero attached hydrogens (tertiary/aromatic N) is 2. The molecule has 0 spiro atoms. The maximum Gasteiger partial charge on any atom is 0.277 e. The van der Waals surface area contributed by atoms with Gasteiger partial charge in [0.15, 0.2) is 0 Å². The van der Waals surface area contributed by atoms with Crippen molar-refractivity contribution in [3.05, 3.63) is 27.7 Å². The van der Waals surface area contributed by atoms with Gasteiger partial charge in [0.05, 0.1) is 11.3 Å². The van der Waals surface area contributed by atoms with Crippen LogP contribution in [0.15, 0.2) is 10.9 Å². The van der Waals surface area contributed by atoms with Crippen LogP contribution < -0.4 is 11.3 Å². The highest BCUT2D eigenvalue weighted by Crippen LogP contribution is 2.19. The lowest BCUT2D eigenvalue weighted by Gasteiger charge is -2.20. The monoisotopic (exact) mass is 267 g/mol. The van der Waals surface area contributed by atoms with Crippen molar-refractivity contribution < 1.29 is 0 Å². The van der Waals surface area contributed by atoms with Crippen molar-refractivity contribution in [3.63, 3.8) is 0 Å². The van der Waals surface area contributed by atoms with Crippen molar-refractivity contribution in [2.45, 2.75) is 46.6 Å². The van der Waals surface area contributed by atoms with E-state index in [-0.39, 0.29) is 16.0 Å². The van der Waals surface area contributed by atoms with Gasteiger partial charge in [0.1, 0.15) is 4.99 Å². The summed E-state index contributed by atoms with van der Waals surface area (Å²) in [4.78, 5) is 12.3. The zero-order valence-corrected chi connectivity index (χ0v) is 12.5. The highest BCUT2D eigenvalue weighted by atomic mass is 32.1. The van der Waals surface area contributed by atoms with Crippen LogP contribution in [0.2, 0.25) is 0 Å². The molecule has 1 heterocycles. The second-order valence-electron chi connectivity index (χ2n) is 5.94. The van der Waals surface area contributed by atoms with E-state index in [1.165, 1.54) is 4.68 Å². The first kappa shape index (κ1) is 14.8. The second kappa shape index (κ2) is 5.18. The van der Waals surface area contributed by atoms with Crippen molar-refractivity contribution >= 4 is 17.2 Å². The number of nitrogens with two attached hydrogens (primary N) is 1. The van der Waals surface area contributed by atoms with Gasteiger partial charge in [0.2, 0.25) is 0 Å². The summed E-state index contributed by atoms with van der Waals surface area (Å²) in [5.74, 6) is 0.338. The predicted molar refractivity (Wildman–Crippen MR) is 77.9 cm³/mol. The molecule has 0 unspecified atom stereocenters. The van der Waals surface area contributed by atoms with Crippen LogP contribution >= 0.6 is 12.2 Å². The second-order valence-corrected chi connectivity index (χ2v) is 6.38. The zero-order valence-electron chi connectivity index (χ0n) is 11.7. The van der Waals surface area contributed by atoms with E-state index >= 15 is 0 Å². The molecule has 0 radical (unpaired) electrons. The summed E-state index contributed by atoms with van der Waals surface area (Å²) >= 11 is 4.94. The van der Waals surface area contributed by atoms with E-state index in [9.17, 15) is 4.79 Å². The first-order valence-electron chi connectivity index (χ1n) is 6.05. The maximum absolute atomic E-state index is 12.2. The molecule has 0 atom stereocenters. The molecule has 0 aliphatic rings. The van der Waals surface area contributed by atoms with Crippen molar-refractivity contribution in [2.24, 2.45) is 11.7 Å². The fraction of sp³-hybridized carbons (Fsp3) is 0.615. The van der Waals surface area contributed by atoms with Crippen LogP contribution in [0.1, 0.15) is 45.9 Å². The Morgan fingerprint density at radius 3 is 2.44 bits per heavy atom. The summed E-state index contributed by atoms with van der Waals surface area (Å²) < 4.78 is 1.47. The molecule has 100 valence electrons. The van der Waals surface area contributed by atoms with Crippen LogP contribution in [0, 0.1) is 5.92 Å². The van der Waals surface area contributed by atoms with Gasteiger partial charge in [0, 0.05) is 12.0 Å². The topological polar surface area (TPSA) is 60.9 Å². The smallest absolute Gasteiger partial charge is 0.277 e. The number of thiocarbonyl (C=S) groups is 1. The van der Waals surface area contributed by atoms with Crippen molar-refractivity contribution in [1.29, 1.82) is 0 Å². The molecule has 2 N–H and O–H groups in total. The third-order valence-corrected chi connectivity index (χ3v) is 2.77. The molecule has 0 saturated carbocycles. The quantitative estimate of drug-likeness (QED) is 0.849. The summed E-state index contributed by atoms with van der Waals surface area (Å²) in [6.07, 6.45) is 0. The first-order chi connectivity index (χ1) is 8.12. The molecule has 0 aromatic carbocycles. The van der Waals surface area contributed by atoms with Gasteiger partial charge in [-0.3, -0.25) is 4.79 Å². The zero-order chi connectivity index (χ0) is 14.1. The van der Waals surface area contributed by atoms with E-state index in [0.29, 0.717) is 18.0 Å². The fourth-order valence-electron chi connectivity index (χ4n) is 1.55. The Bertz CT molecular complexity index is 512. The highest BCUT2D eigenvalue weighted by Gasteiger charge is 2.20. The number of aromatic nitrogens is 2. The largest absolute Gasteiger partial charge is 0.389 e. The van der Waals surface area contributed by atoms with Crippen molar-refractivity contribution in [1.82, 2.24) is 9.78 Å². The Hall–Kier alpha value is -1.23. The summed E-state index contributed by atoms with van der Waals surface area (Å²) in [6, 6.07) is 1.71. The molecule has 18 heavy (non-hydrogen) atoms. The summed E-state index contributed by atoms with van der Waals surface area (Å²) in [5.41, 5.74) is 6.47. The maximum atomic E-state index is 12.2. The van der Waals surface area contributed by atoms with E-state index in [1.54, 1.807) is 6.07 Å². The summed E-state index contributed by atoms with van der Waals surface area (Å²) in [7, 11) is 0. The average molecular weight is 267 g/mol. The lowest BCUT2D eigenvalue weighted by atomic mass is 9.91. The number of rotatable bonds is 3. The van der Waals surface area contributed by atoms with Gasteiger partial charge in [0.25, 0.3) is 5.56 Å². The van der Waals surface area contributed by atoms with Crippen LogP contribution in [0.4, 0.5) is 0 Å². The first-order valence-corrected chi connectivity index (χ1v) is 6.46. The van der Waals surface area contributed by atoms with Crippen LogP contribution in [-0.2, 0) is 12.0 Å². The minimum atomic E-state index is -0.204. The van der Waals surface area contributed by atoms with Gasteiger partial charge in [-0.05, 0) is 12.0 Å². The van der Waals surface area contributed by atoms with E-state index in [2.05, 4.69) is 5.10 Å². The SMILES string of the molecule is CC(C)Cn1nc(C(C)(C)C)cc(C(N)=S)c1=O. The Labute approximate surface area is 113 Å². The molecule has 4 nitrogen and oxygen atoms in total. The third-order valence-electron chi connectivity index (χ3n) is 2.55. The van der Waals surface area contributed by atoms with Gasteiger partial charge in [-0.25, -0.2) is 4.68 Å². The lowest BCUT2D eigenvalue weighted by Crippen LogP contribution is -2.34. The Kier molecular flexibility index (Phi) is 4.27. The number of hydrogen-bond donors (Lipinski definition) is 1. The van der Waals surface area contributed by atoms with E-state index in [4.69, 9.17) is 18.0 Å². The van der Waals surface area contributed by atoms with Crippen LogP contribution in [0.5, 0.6) is 0 Å². The minimum absolute atomic E-state index is 0.130. The molecular weight excluding hydrogens is 246 g/mol. The normalized spacial score (nSPS) is 11.9. The van der Waals surface area contributed by atoms with E-state index in [1.807, 2.05) is 34.6 Å². The van der Waals surface area contributed by atoms with Crippen molar-refractivity contribution in [3.8, 4) is 0 Å². The summed E-state index contributed by atoms with van der Waals surface area (Å²) in [5, 5.41) is 4.42. The molecule has 0 saturated heterocycles. The van der Waals surface area contributed by atoms with Gasteiger partial charge in [-0.15, -0.1) is 0 Å². The molecule has 0 fully saturated rings. The molecular formula is C13H21N3OS. The van der Waals surface area contributed by atoms with Gasteiger partial charge >= 0.3 is 0 Å². The van der Waals surface area contributed by atoms with E-state index in [0.717, 1.165) is 5.69 Å². The summed E-state index contributed by atoms with van der Waals surface area (Å²) in [6.45, 7) is 10.8. The Morgan fingerprint density at radius 2 is 2.06 bits per heavy atom. The van der Waals surface area contributed by atoms with Gasteiger partial charge < -0.3 is 5.73 Å². The third kappa shape index (κ3) is 3.38. The van der Waals surface area contributed by atoms with E-state index < -0.39 is 0 Å². The van der Waals surface area contributed by atoms with Crippen molar-refractivity contribution in [2.75, 3.05) is 0 Å². The number of hydrogen-bond acceptors (Lipinski definition) is 3. The molecule has 5 heteroatoms. The molecule has 1 aromatic heterocycles. The molecule has 0 amide bonds. The molecule has 1 aromatic rings. The molecule has 0 aliphatic heterocycles. The standard InChI is InChI=1S/C13H21N3OS/c1-8(2)7-16-12(17)9(11(14)18)6-10(15-16)13(3,4)5/h6,8H,7H2,1-5H3,(H2,14,18). The van der Waals surface area contributed by atoms with Gasteiger partial charge in [-0.1, -0.05) is 46.8 Å². The predicted octanol–water partition coefficient (Wildman–Crippen LogP) is 1.83. The molecule has 1 rings (SSSR count). The van der Waals surface area contributed by atoms with Gasteiger partial charge in [-0.2, -0.15) is 5.10 Å². The molecule has 0 bridgehead atoms. The fourth-order valence-corrected chi connectivity index (χ4v) is 1.70. The Balaban J connectivity index is 3.47. The van der Waals surface area contributed by atoms with Crippen LogP contribution in [-0.4, -0.2) is 14.8 Å². The highest BCUT2D eigenvalue weighted by molar-refractivity contribution is 7.80.